The number of ether oxygens (including phenoxy) is 1. The van der Waals surface area contributed by atoms with E-state index < -0.39 is 0 Å². The normalized spacial score (nSPS) is 22.3. The molecule has 0 spiro atoms. The molecule has 2 N–H and O–H groups in total. The summed E-state index contributed by atoms with van der Waals surface area (Å²) in [7, 11) is 0. The quantitative estimate of drug-likeness (QED) is 0.807. The van der Waals surface area contributed by atoms with Crippen molar-refractivity contribution in [3.63, 3.8) is 0 Å². The van der Waals surface area contributed by atoms with Gasteiger partial charge in [-0.1, -0.05) is 36.4 Å². The molecule has 1 saturated heterocycles. The van der Waals surface area contributed by atoms with Crippen molar-refractivity contribution in [2.24, 2.45) is 0 Å². The second kappa shape index (κ2) is 6.51. The molecular weight excluding hydrogens is 340 g/mol. The molecule has 3 aliphatic rings. The van der Waals surface area contributed by atoms with Crippen molar-refractivity contribution in [2.75, 3.05) is 18.4 Å². The van der Waals surface area contributed by atoms with Crippen LogP contribution in [0.4, 0.5) is 5.69 Å². The van der Waals surface area contributed by atoms with Crippen LogP contribution >= 0.6 is 0 Å². The Morgan fingerprint density at radius 1 is 1.11 bits per heavy atom. The Hall–Kier alpha value is -2.63. The molecular formula is C22H22N2O3. The van der Waals surface area contributed by atoms with Gasteiger partial charge in [-0.3, -0.25) is 9.69 Å². The predicted molar refractivity (Wildman–Crippen MR) is 104 cm³/mol. The van der Waals surface area contributed by atoms with Crippen LogP contribution in [-0.2, 0) is 22.7 Å². The fourth-order valence-electron chi connectivity index (χ4n) is 4.20. The first-order chi connectivity index (χ1) is 13.2. The number of aliphatic hydroxyl groups excluding tert-OH is 1. The van der Waals surface area contributed by atoms with E-state index in [9.17, 15) is 9.90 Å². The molecule has 5 nitrogen and oxygen atoms in total. The molecule has 2 aromatic rings. The summed E-state index contributed by atoms with van der Waals surface area (Å²) in [4.78, 5) is 14.9. The Balaban J connectivity index is 1.44. The van der Waals surface area contributed by atoms with Crippen LogP contribution in [-0.4, -0.2) is 35.1 Å². The number of amides is 1. The van der Waals surface area contributed by atoms with Gasteiger partial charge < -0.3 is 15.2 Å². The third-order valence-electron chi connectivity index (χ3n) is 5.65. The van der Waals surface area contributed by atoms with Crippen molar-refractivity contribution in [1.82, 2.24) is 4.90 Å². The van der Waals surface area contributed by atoms with Crippen molar-refractivity contribution in [3.05, 3.63) is 64.7 Å². The summed E-state index contributed by atoms with van der Waals surface area (Å²) >= 11 is 0. The van der Waals surface area contributed by atoms with Gasteiger partial charge in [-0.05, 0) is 24.5 Å². The minimum Gasteiger partial charge on any atom is -0.487 e. The Morgan fingerprint density at radius 2 is 1.93 bits per heavy atom. The molecule has 138 valence electrons. The molecule has 0 unspecified atom stereocenters. The molecule has 5 heteroatoms. The van der Waals surface area contributed by atoms with Crippen LogP contribution in [0.3, 0.4) is 0 Å². The second-order valence-corrected chi connectivity index (χ2v) is 7.49. The van der Waals surface area contributed by atoms with Crippen molar-refractivity contribution >= 4 is 22.9 Å². The van der Waals surface area contributed by atoms with E-state index in [-0.39, 0.29) is 12.0 Å². The number of carbonyl (C=O) groups excluding carboxylic acids is 1. The molecule has 3 aliphatic heterocycles. The highest BCUT2D eigenvalue weighted by atomic mass is 16.5. The van der Waals surface area contributed by atoms with Gasteiger partial charge in [0.25, 0.3) is 5.91 Å². The monoisotopic (exact) mass is 362 g/mol. The zero-order valence-corrected chi connectivity index (χ0v) is 15.1. The standard InChI is InChI=1S/C22H22N2O3/c25-16-7-9-24(10-8-16)12-14-5-6-17-15(11-14)13-27-21(17)20-18-3-1-2-4-19(18)23-22(20)26/h1-6,11,16,25H,7-10,12-13H2,(H,23,26). The van der Waals surface area contributed by atoms with Gasteiger partial charge >= 0.3 is 0 Å². The highest BCUT2D eigenvalue weighted by Gasteiger charge is 2.32. The number of nitrogens with one attached hydrogen (secondary N) is 1. The fourth-order valence-corrected chi connectivity index (χ4v) is 4.20. The van der Waals surface area contributed by atoms with Gasteiger partial charge in [0.05, 0.1) is 11.7 Å². The number of benzene rings is 2. The third-order valence-corrected chi connectivity index (χ3v) is 5.65. The molecule has 0 aliphatic carbocycles. The molecule has 0 aromatic heterocycles. The van der Waals surface area contributed by atoms with E-state index in [2.05, 4.69) is 28.4 Å². The van der Waals surface area contributed by atoms with Gasteiger partial charge in [-0.25, -0.2) is 0 Å². The van der Waals surface area contributed by atoms with Gasteiger partial charge in [0.2, 0.25) is 0 Å². The molecule has 0 atom stereocenters. The molecule has 2 aromatic carbocycles. The summed E-state index contributed by atoms with van der Waals surface area (Å²) in [6.45, 7) is 3.24. The van der Waals surface area contributed by atoms with Crippen LogP contribution in [0, 0.1) is 0 Å². The highest BCUT2D eigenvalue weighted by molar-refractivity contribution is 6.36. The van der Waals surface area contributed by atoms with E-state index in [1.54, 1.807) is 0 Å². The summed E-state index contributed by atoms with van der Waals surface area (Å²) in [6, 6.07) is 14.1. The zero-order valence-electron chi connectivity index (χ0n) is 15.1. The molecule has 0 saturated carbocycles. The number of para-hydroxylation sites is 1. The van der Waals surface area contributed by atoms with Crippen LogP contribution in [0.2, 0.25) is 0 Å². The number of hydrogen-bond donors (Lipinski definition) is 2. The average molecular weight is 362 g/mol. The maximum Gasteiger partial charge on any atom is 0.260 e. The number of hydrogen-bond acceptors (Lipinski definition) is 4. The zero-order chi connectivity index (χ0) is 18.4. The number of aliphatic hydroxyl groups is 1. The van der Waals surface area contributed by atoms with Crippen LogP contribution in [0.5, 0.6) is 0 Å². The van der Waals surface area contributed by atoms with Crippen LogP contribution in [0.1, 0.15) is 35.1 Å². The number of fused-ring (bicyclic) bond motifs is 2. The lowest BCUT2D eigenvalue weighted by Crippen LogP contribution is -2.35. The first-order valence-electron chi connectivity index (χ1n) is 9.49. The predicted octanol–water partition coefficient (Wildman–Crippen LogP) is 2.99. The summed E-state index contributed by atoms with van der Waals surface area (Å²) in [5.74, 6) is 0.579. The number of likely N-dealkylation sites (tertiary alicyclic amines) is 1. The fraction of sp³-hybridized carbons (Fsp3) is 0.318. The molecule has 27 heavy (non-hydrogen) atoms. The molecule has 3 heterocycles. The Labute approximate surface area is 158 Å². The van der Waals surface area contributed by atoms with E-state index in [4.69, 9.17) is 4.74 Å². The van der Waals surface area contributed by atoms with Gasteiger partial charge in [-0.2, -0.15) is 0 Å². The number of piperidine rings is 1. The van der Waals surface area contributed by atoms with E-state index in [1.807, 2.05) is 24.3 Å². The SMILES string of the molecule is O=C1Nc2ccccc2C1=C1OCc2cc(CN3CCC(O)CC3)ccc21. The Bertz CT molecular complexity index is 942. The molecule has 5 rings (SSSR count). The molecule has 1 amide bonds. The lowest BCUT2D eigenvalue weighted by molar-refractivity contribution is -0.110. The minimum atomic E-state index is -0.149. The average Bonchev–Trinajstić information content (AvgIpc) is 3.23. The molecule has 1 fully saturated rings. The Kier molecular flexibility index (Phi) is 3.99. The summed E-state index contributed by atoms with van der Waals surface area (Å²) in [5.41, 5.74) is 5.75. The van der Waals surface area contributed by atoms with Crippen LogP contribution in [0.15, 0.2) is 42.5 Å². The first kappa shape index (κ1) is 16.5. The van der Waals surface area contributed by atoms with Gasteiger partial charge in [0.15, 0.2) is 0 Å². The lowest BCUT2D eigenvalue weighted by Gasteiger charge is -2.29. The maximum atomic E-state index is 12.5. The second-order valence-electron chi connectivity index (χ2n) is 7.49. The lowest BCUT2D eigenvalue weighted by atomic mass is 9.98. The van der Waals surface area contributed by atoms with E-state index in [0.29, 0.717) is 17.9 Å². The van der Waals surface area contributed by atoms with Crippen molar-refractivity contribution in [3.8, 4) is 0 Å². The number of anilines is 1. The molecule has 0 radical (unpaired) electrons. The van der Waals surface area contributed by atoms with E-state index >= 15 is 0 Å². The van der Waals surface area contributed by atoms with Crippen molar-refractivity contribution < 1.29 is 14.6 Å². The van der Waals surface area contributed by atoms with Crippen LogP contribution < -0.4 is 5.32 Å². The first-order valence-corrected chi connectivity index (χ1v) is 9.49. The highest BCUT2D eigenvalue weighted by Crippen LogP contribution is 2.41. The summed E-state index contributed by atoms with van der Waals surface area (Å²) < 4.78 is 5.97. The van der Waals surface area contributed by atoms with Crippen molar-refractivity contribution in [1.29, 1.82) is 0 Å². The molecule has 0 bridgehead atoms. The van der Waals surface area contributed by atoms with E-state index in [1.165, 1.54) is 5.56 Å². The topological polar surface area (TPSA) is 61.8 Å². The summed E-state index contributed by atoms with van der Waals surface area (Å²) in [5, 5.41) is 12.6. The van der Waals surface area contributed by atoms with Crippen LogP contribution in [0.25, 0.3) is 11.3 Å². The van der Waals surface area contributed by atoms with Gasteiger partial charge in [0.1, 0.15) is 12.4 Å². The smallest absolute Gasteiger partial charge is 0.260 e. The Morgan fingerprint density at radius 3 is 2.78 bits per heavy atom. The maximum absolute atomic E-state index is 12.5. The number of rotatable bonds is 2. The van der Waals surface area contributed by atoms with Gasteiger partial charge in [0, 0.05) is 42.0 Å². The summed E-state index contributed by atoms with van der Waals surface area (Å²) in [6.07, 6.45) is 1.54. The van der Waals surface area contributed by atoms with E-state index in [0.717, 1.165) is 54.9 Å². The third kappa shape index (κ3) is 2.93. The van der Waals surface area contributed by atoms with Gasteiger partial charge in [-0.15, -0.1) is 0 Å². The minimum absolute atomic E-state index is 0.102. The number of nitrogens with zero attached hydrogens (tertiary/aromatic N) is 1. The largest absolute Gasteiger partial charge is 0.487 e. The number of carbonyl (C=O) groups is 1. The van der Waals surface area contributed by atoms with Crippen molar-refractivity contribution in [2.45, 2.75) is 32.1 Å².